The minimum Gasteiger partial charge on any atom is -0.311 e. The first-order chi connectivity index (χ1) is 9.21. The zero-order valence-corrected chi connectivity index (χ0v) is 12.5. The predicted octanol–water partition coefficient (Wildman–Crippen LogP) is 2.89. The molecule has 0 radical (unpaired) electrons. The van der Waals surface area contributed by atoms with Crippen LogP contribution in [0, 0.1) is 23.7 Å². The fraction of sp³-hybridized carbons (Fsp3) is 1.00. The van der Waals surface area contributed by atoms with Crippen LogP contribution >= 0.6 is 0 Å². The summed E-state index contributed by atoms with van der Waals surface area (Å²) in [5.74, 6) is 4.20. The second kappa shape index (κ2) is 4.73. The summed E-state index contributed by atoms with van der Waals surface area (Å²) in [5.41, 5.74) is 0.583. The van der Waals surface area contributed by atoms with Gasteiger partial charge in [0.1, 0.15) is 0 Å². The van der Waals surface area contributed by atoms with Gasteiger partial charge in [0.2, 0.25) is 0 Å². The maximum absolute atomic E-state index is 4.05. The maximum Gasteiger partial charge on any atom is 0.0189 e. The smallest absolute Gasteiger partial charge is 0.0189 e. The quantitative estimate of drug-likeness (QED) is 0.838. The molecular formula is C17H30N2. The topological polar surface area (TPSA) is 15.3 Å². The van der Waals surface area contributed by atoms with E-state index in [1.165, 1.54) is 51.7 Å². The Hall–Kier alpha value is -0.0800. The number of hydrogen-bond acceptors (Lipinski definition) is 2. The molecule has 19 heavy (non-hydrogen) atoms. The van der Waals surface area contributed by atoms with Crippen molar-refractivity contribution in [2.75, 3.05) is 26.7 Å². The van der Waals surface area contributed by atoms with Gasteiger partial charge in [-0.1, -0.05) is 0 Å². The Bertz CT molecular complexity index is 303. The van der Waals surface area contributed by atoms with Crippen molar-refractivity contribution in [3.05, 3.63) is 0 Å². The van der Waals surface area contributed by atoms with Gasteiger partial charge in [-0.2, -0.15) is 0 Å². The van der Waals surface area contributed by atoms with Crippen molar-refractivity contribution in [3.63, 3.8) is 0 Å². The lowest BCUT2D eigenvalue weighted by Crippen LogP contribution is -2.58. The molecule has 0 aromatic rings. The van der Waals surface area contributed by atoms with Crippen LogP contribution in [-0.2, 0) is 0 Å². The highest BCUT2D eigenvalue weighted by Gasteiger charge is 2.50. The molecule has 1 atom stereocenters. The first kappa shape index (κ1) is 12.6. The molecule has 0 aromatic heterocycles. The largest absolute Gasteiger partial charge is 0.311 e. The van der Waals surface area contributed by atoms with Gasteiger partial charge >= 0.3 is 0 Å². The summed E-state index contributed by atoms with van der Waals surface area (Å²) in [7, 11) is 2.27. The van der Waals surface area contributed by atoms with E-state index in [1.54, 1.807) is 19.3 Å². The summed E-state index contributed by atoms with van der Waals surface area (Å²) >= 11 is 0. The van der Waals surface area contributed by atoms with E-state index >= 15 is 0 Å². The molecule has 2 nitrogen and oxygen atoms in total. The van der Waals surface area contributed by atoms with E-state index in [-0.39, 0.29) is 0 Å². The molecule has 0 spiro atoms. The van der Waals surface area contributed by atoms with Gasteiger partial charge < -0.3 is 10.2 Å². The Morgan fingerprint density at radius 3 is 2.21 bits per heavy atom. The van der Waals surface area contributed by atoms with Crippen LogP contribution in [0.2, 0.25) is 0 Å². The molecule has 1 saturated heterocycles. The molecule has 1 aliphatic heterocycles. The first-order valence-electron chi connectivity index (χ1n) is 8.64. The number of hydrogen-bond donors (Lipinski definition) is 1. The Balaban J connectivity index is 1.30. The third-order valence-electron chi connectivity index (χ3n) is 6.58. The highest BCUT2D eigenvalue weighted by atomic mass is 15.1. The van der Waals surface area contributed by atoms with Crippen molar-refractivity contribution in [1.82, 2.24) is 10.2 Å². The summed E-state index contributed by atoms with van der Waals surface area (Å²) < 4.78 is 0. The standard InChI is InChI=1S/C17H30N2/c1-19-5-3-13(12-19)2-4-18-17-9-14-6-15(10-17)8-16(7-14)11-17/h13-16,18H,2-12H2,1H3. The average Bonchev–Trinajstić information content (AvgIpc) is 2.73. The molecule has 5 fully saturated rings. The average molecular weight is 262 g/mol. The summed E-state index contributed by atoms with van der Waals surface area (Å²) in [6.45, 7) is 3.94. The molecule has 1 N–H and O–H groups in total. The number of nitrogens with one attached hydrogen (secondary N) is 1. The van der Waals surface area contributed by atoms with Gasteiger partial charge in [-0.05, 0) is 95.2 Å². The zero-order valence-electron chi connectivity index (χ0n) is 12.5. The molecule has 5 aliphatic rings. The van der Waals surface area contributed by atoms with Gasteiger partial charge in [0.05, 0.1) is 0 Å². The van der Waals surface area contributed by atoms with Crippen LogP contribution in [0.5, 0.6) is 0 Å². The van der Waals surface area contributed by atoms with Crippen LogP contribution in [0.15, 0.2) is 0 Å². The van der Waals surface area contributed by atoms with Crippen molar-refractivity contribution in [1.29, 1.82) is 0 Å². The molecule has 1 unspecified atom stereocenters. The Labute approximate surface area is 118 Å². The zero-order chi connectivity index (χ0) is 12.9. The number of rotatable bonds is 4. The van der Waals surface area contributed by atoms with Gasteiger partial charge in [0, 0.05) is 12.1 Å². The lowest BCUT2D eigenvalue weighted by atomic mass is 9.53. The summed E-state index contributed by atoms with van der Waals surface area (Å²) in [4.78, 5) is 2.50. The van der Waals surface area contributed by atoms with Crippen molar-refractivity contribution in [3.8, 4) is 0 Å². The van der Waals surface area contributed by atoms with E-state index in [9.17, 15) is 0 Å². The highest BCUT2D eigenvalue weighted by molar-refractivity contribution is 5.06. The molecule has 5 rings (SSSR count). The van der Waals surface area contributed by atoms with Gasteiger partial charge in [0.15, 0.2) is 0 Å². The van der Waals surface area contributed by atoms with E-state index in [0.717, 1.165) is 23.7 Å². The molecule has 2 heteroatoms. The molecule has 108 valence electrons. The van der Waals surface area contributed by atoms with E-state index in [0.29, 0.717) is 5.54 Å². The van der Waals surface area contributed by atoms with E-state index < -0.39 is 0 Å². The summed E-state index contributed by atoms with van der Waals surface area (Å²) in [5, 5.41) is 4.05. The van der Waals surface area contributed by atoms with Gasteiger partial charge in [-0.25, -0.2) is 0 Å². The third-order valence-corrected chi connectivity index (χ3v) is 6.58. The number of nitrogens with zero attached hydrogens (tertiary/aromatic N) is 1. The minimum absolute atomic E-state index is 0.583. The molecule has 0 aromatic carbocycles. The lowest BCUT2D eigenvalue weighted by molar-refractivity contribution is -0.0199. The predicted molar refractivity (Wildman–Crippen MR) is 79.1 cm³/mol. The molecule has 0 amide bonds. The Morgan fingerprint density at radius 2 is 1.68 bits per heavy atom. The third kappa shape index (κ3) is 2.47. The van der Waals surface area contributed by atoms with Crippen LogP contribution < -0.4 is 5.32 Å². The monoisotopic (exact) mass is 262 g/mol. The van der Waals surface area contributed by atoms with Crippen LogP contribution in [0.1, 0.15) is 51.4 Å². The molecule has 4 bridgehead atoms. The van der Waals surface area contributed by atoms with Crippen molar-refractivity contribution < 1.29 is 0 Å². The first-order valence-corrected chi connectivity index (χ1v) is 8.64. The Morgan fingerprint density at radius 1 is 1.05 bits per heavy atom. The fourth-order valence-corrected chi connectivity index (χ4v) is 6.13. The fourth-order valence-electron chi connectivity index (χ4n) is 6.13. The Kier molecular flexibility index (Phi) is 3.15. The van der Waals surface area contributed by atoms with Crippen molar-refractivity contribution in [2.24, 2.45) is 23.7 Å². The highest BCUT2D eigenvalue weighted by Crippen LogP contribution is 2.55. The van der Waals surface area contributed by atoms with Crippen molar-refractivity contribution in [2.45, 2.75) is 56.9 Å². The molecule has 4 saturated carbocycles. The van der Waals surface area contributed by atoms with Gasteiger partial charge in [-0.15, -0.1) is 0 Å². The van der Waals surface area contributed by atoms with Crippen LogP contribution in [0.25, 0.3) is 0 Å². The normalized spacial score (nSPS) is 49.1. The summed E-state index contributed by atoms with van der Waals surface area (Å²) in [6.07, 6.45) is 12.0. The SMILES string of the molecule is CN1CCC(CCNC23CC4CC(CC(C4)C2)C3)C1. The lowest BCUT2D eigenvalue weighted by Gasteiger charge is -2.57. The molecular weight excluding hydrogens is 232 g/mol. The minimum atomic E-state index is 0.583. The second-order valence-corrected chi connectivity index (χ2v) is 8.33. The van der Waals surface area contributed by atoms with Gasteiger partial charge in [0.25, 0.3) is 0 Å². The van der Waals surface area contributed by atoms with Crippen LogP contribution in [-0.4, -0.2) is 37.1 Å². The van der Waals surface area contributed by atoms with Gasteiger partial charge in [-0.3, -0.25) is 0 Å². The van der Waals surface area contributed by atoms with Crippen LogP contribution in [0.3, 0.4) is 0 Å². The molecule has 1 heterocycles. The summed E-state index contributed by atoms with van der Waals surface area (Å²) in [6, 6.07) is 0. The van der Waals surface area contributed by atoms with Crippen molar-refractivity contribution >= 4 is 0 Å². The maximum atomic E-state index is 4.05. The van der Waals surface area contributed by atoms with Crippen LogP contribution in [0.4, 0.5) is 0 Å². The van der Waals surface area contributed by atoms with E-state index in [2.05, 4.69) is 17.3 Å². The van der Waals surface area contributed by atoms with E-state index in [4.69, 9.17) is 0 Å². The molecule has 4 aliphatic carbocycles. The van der Waals surface area contributed by atoms with E-state index in [1.807, 2.05) is 0 Å². The number of likely N-dealkylation sites (tertiary alicyclic amines) is 1. The second-order valence-electron chi connectivity index (χ2n) is 8.33.